The molecule has 5 rings (SSSR count). The largest absolute Gasteiger partial charge is 0.574 e. The van der Waals surface area contributed by atoms with Gasteiger partial charge >= 0.3 is 6.36 Å². The highest BCUT2D eigenvalue weighted by Crippen LogP contribution is 2.36. The number of hydrogen-bond donors (Lipinski definition) is 3. The summed E-state index contributed by atoms with van der Waals surface area (Å²) in [4.78, 5) is 12.6. The number of aryl methyl sites for hydroxylation is 1. The second kappa shape index (κ2) is 12.0. The number of nitrogens with zero attached hydrogens (tertiary/aromatic N) is 4. The predicted octanol–water partition coefficient (Wildman–Crippen LogP) is 5.51. The van der Waals surface area contributed by atoms with Gasteiger partial charge in [0.25, 0.3) is 10.0 Å². The Hall–Kier alpha value is -4.48. The maximum Gasteiger partial charge on any atom is 0.574 e. The molecule has 14 heteroatoms. The Kier molecular flexibility index (Phi) is 8.38. The van der Waals surface area contributed by atoms with E-state index in [-0.39, 0.29) is 28.1 Å². The van der Waals surface area contributed by atoms with E-state index < -0.39 is 28.1 Å². The number of pyridine rings is 1. The van der Waals surface area contributed by atoms with Gasteiger partial charge in [0.1, 0.15) is 16.8 Å². The first-order valence-corrected chi connectivity index (χ1v) is 15.0. The van der Waals surface area contributed by atoms with Crippen molar-refractivity contribution in [1.29, 1.82) is 5.26 Å². The Bertz CT molecular complexity index is 1800. The summed E-state index contributed by atoms with van der Waals surface area (Å²) in [6.45, 7) is 1.90. The van der Waals surface area contributed by atoms with Crippen LogP contribution in [-0.4, -0.2) is 41.8 Å². The lowest BCUT2D eigenvalue weighted by atomic mass is 9.92. The summed E-state index contributed by atoms with van der Waals surface area (Å²) in [7, 11) is -4.35. The molecular weight excluding hydrogens is 583 g/mol. The molecule has 0 amide bonds. The molecule has 2 aromatic carbocycles. The van der Waals surface area contributed by atoms with Gasteiger partial charge in [0.2, 0.25) is 11.8 Å². The van der Waals surface area contributed by atoms with Crippen LogP contribution in [-0.2, 0) is 16.4 Å². The number of anilines is 2. The Morgan fingerprint density at radius 1 is 1.09 bits per heavy atom. The van der Waals surface area contributed by atoms with Crippen molar-refractivity contribution in [2.45, 2.75) is 62.4 Å². The molecule has 2 heterocycles. The van der Waals surface area contributed by atoms with Gasteiger partial charge in [-0.3, -0.25) is 4.72 Å². The van der Waals surface area contributed by atoms with E-state index in [0.717, 1.165) is 31.2 Å². The van der Waals surface area contributed by atoms with E-state index >= 15 is 0 Å². The number of sulfonamides is 1. The van der Waals surface area contributed by atoms with Gasteiger partial charge in [-0.1, -0.05) is 19.1 Å². The minimum absolute atomic E-state index is 0.0185. The molecule has 4 aromatic rings. The standard InChI is InChI=1S/C29H28F3N7O3S/c1-2-17-13-19(14-20-16-35-28(38-26(17)20)36-22-9-7-21(34)8-10-22)23-11-12-25(37-27(23)42-29(30,31)32)39-43(40,41)24-6-4-3-5-18(24)15-33/h3-6,11-14,16,21-22H,2,7-10,34H2,1H3,(H,37,39)(H,35,36,38)/t21-,22-. The van der Waals surface area contributed by atoms with Gasteiger partial charge in [0.05, 0.1) is 11.1 Å². The summed E-state index contributed by atoms with van der Waals surface area (Å²) in [5, 5.41) is 13.2. The number of aromatic nitrogens is 3. The molecule has 1 aliphatic carbocycles. The summed E-state index contributed by atoms with van der Waals surface area (Å²) >= 11 is 0. The third-order valence-electron chi connectivity index (χ3n) is 7.17. The minimum atomic E-state index is -5.11. The van der Waals surface area contributed by atoms with Crippen LogP contribution in [0.2, 0.25) is 0 Å². The number of nitrogens with one attached hydrogen (secondary N) is 2. The van der Waals surface area contributed by atoms with Crippen LogP contribution in [0.5, 0.6) is 5.88 Å². The van der Waals surface area contributed by atoms with E-state index in [1.807, 2.05) is 6.92 Å². The molecule has 0 unspecified atom stereocenters. The first kappa shape index (κ1) is 30.0. The Morgan fingerprint density at radius 3 is 2.53 bits per heavy atom. The maximum atomic E-state index is 13.5. The Morgan fingerprint density at radius 2 is 1.84 bits per heavy atom. The number of halogens is 3. The summed E-state index contributed by atoms with van der Waals surface area (Å²) in [5.41, 5.74) is 7.62. The average Bonchev–Trinajstić information content (AvgIpc) is 2.97. The predicted molar refractivity (Wildman–Crippen MR) is 155 cm³/mol. The van der Waals surface area contributed by atoms with Crippen LogP contribution in [0.3, 0.4) is 0 Å². The van der Waals surface area contributed by atoms with Crippen molar-refractivity contribution in [3.8, 4) is 23.1 Å². The van der Waals surface area contributed by atoms with Crippen molar-refractivity contribution in [1.82, 2.24) is 15.0 Å². The number of nitriles is 1. The van der Waals surface area contributed by atoms with Gasteiger partial charge in [-0.15, -0.1) is 13.2 Å². The van der Waals surface area contributed by atoms with Crippen LogP contribution in [0.1, 0.15) is 43.7 Å². The molecule has 0 bridgehead atoms. The van der Waals surface area contributed by atoms with Crippen molar-refractivity contribution >= 4 is 32.7 Å². The average molecular weight is 612 g/mol. The lowest BCUT2D eigenvalue weighted by Gasteiger charge is -2.26. The fraction of sp³-hybridized carbons (Fsp3) is 0.310. The highest BCUT2D eigenvalue weighted by Gasteiger charge is 2.34. The van der Waals surface area contributed by atoms with E-state index in [1.165, 1.54) is 36.4 Å². The quantitative estimate of drug-likeness (QED) is 0.234. The molecule has 0 atom stereocenters. The number of ether oxygens (including phenoxy) is 1. The third kappa shape index (κ3) is 6.95. The molecule has 10 nitrogen and oxygen atoms in total. The van der Waals surface area contributed by atoms with Crippen LogP contribution >= 0.6 is 0 Å². The van der Waals surface area contributed by atoms with Gasteiger partial charge < -0.3 is 15.8 Å². The normalized spacial score (nSPS) is 17.3. The van der Waals surface area contributed by atoms with Crippen LogP contribution in [0.4, 0.5) is 24.9 Å². The fourth-order valence-corrected chi connectivity index (χ4v) is 6.21. The van der Waals surface area contributed by atoms with Crippen molar-refractivity contribution in [3.63, 3.8) is 0 Å². The van der Waals surface area contributed by atoms with Crippen LogP contribution in [0.15, 0.2) is 59.6 Å². The zero-order chi connectivity index (χ0) is 30.8. The molecule has 2 aromatic heterocycles. The van der Waals surface area contributed by atoms with Crippen molar-refractivity contribution in [2.75, 3.05) is 10.0 Å². The molecule has 43 heavy (non-hydrogen) atoms. The van der Waals surface area contributed by atoms with E-state index in [1.54, 1.807) is 24.4 Å². The number of benzene rings is 2. The zero-order valence-electron chi connectivity index (χ0n) is 23.0. The second-order valence-electron chi connectivity index (χ2n) is 10.2. The number of rotatable bonds is 8. The van der Waals surface area contributed by atoms with Crippen LogP contribution in [0, 0.1) is 11.3 Å². The monoisotopic (exact) mass is 611 g/mol. The highest BCUT2D eigenvalue weighted by atomic mass is 32.2. The van der Waals surface area contributed by atoms with Gasteiger partial charge in [0.15, 0.2) is 0 Å². The molecule has 0 saturated heterocycles. The molecule has 224 valence electrons. The number of fused-ring (bicyclic) bond motifs is 1. The summed E-state index contributed by atoms with van der Waals surface area (Å²) < 4.78 is 72.6. The topological polar surface area (TPSA) is 156 Å². The second-order valence-corrected chi connectivity index (χ2v) is 11.8. The molecule has 4 N–H and O–H groups in total. The SMILES string of the molecule is CCc1cc(-c2ccc(NS(=O)(=O)c3ccccc3C#N)nc2OC(F)(F)F)cc2cnc(N[C@H]3CC[C@H](N)CC3)nc12. The lowest BCUT2D eigenvalue weighted by molar-refractivity contribution is -0.275. The first-order chi connectivity index (χ1) is 20.5. The minimum Gasteiger partial charge on any atom is -0.387 e. The van der Waals surface area contributed by atoms with Crippen molar-refractivity contribution < 1.29 is 26.3 Å². The lowest BCUT2D eigenvalue weighted by Crippen LogP contribution is -2.33. The molecule has 0 radical (unpaired) electrons. The number of alkyl halides is 3. The number of nitrogens with two attached hydrogens (primary N) is 1. The van der Waals surface area contributed by atoms with E-state index in [4.69, 9.17) is 10.7 Å². The maximum absolute atomic E-state index is 13.5. The highest BCUT2D eigenvalue weighted by molar-refractivity contribution is 7.92. The molecule has 1 saturated carbocycles. The summed E-state index contributed by atoms with van der Waals surface area (Å²) in [6, 6.07) is 13.5. The third-order valence-corrected chi connectivity index (χ3v) is 8.58. The van der Waals surface area contributed by atoms with Gasteiger partial charge in [-0.05, 0) is 79.6 Å². The first-order valence-electron chi connectivity index (χ1n) is 13.6. The summed E-state index contributed by atoms with van der Waals surface area (Å²) in [6.07, 6.45) is 0.677. The van der Waals surface area contributed by atoms with Crippen molar-refractivity contribution in [2.24, 2.45) is 5.73 Å². The molecular formula is C29H28F3N7O3S. The van der Waals surface area contributed by atoms with E-state index in [9.17, 15) is 26.9 Å². The summed E-state index contributed by atoms with van der Waals surface area (Å²) in [5.74, 6) is -0.805. The Labute approximate surface area is 246 Å². The van der Waals surface area contributed by atoms with E-state index in [2.05, 4.69) is 24.7 Å². The van der Waals surface area contributed by atoms with Crippen molar-refractivity contribution in [3.05, 3.63) is 65.9 Å². The smallest absolute Gasteiger partial charge is 0.387 e. The van der Waals surface area contributed by atoms with Gasteiger partial charge in [-0.2, -0.15) is 10.2 Å². The fourth-order valence-electron chi connectivity index (χ4n) is 5.05. The number of hydrogen-bond acceptors (Lipinski definition) is 9. The molecule has 1 aliphatic rings. The zero-order valence-corrected chi connectivity index (χ0v) is 23.8. The van der Waals surface area contributed by atoms with E-state index in [0.29, 0.717) is 28.8 Å². The van der Waals surface area contributed by atoms with Gasteiger partial charge in [-0.25, -0.2) is 18.4 Å². The molecule has 0 aliphatic heterocycles. The molecule has 1 fully saturated rings. The van der Waals surface area contributed by atoms with Gasteiger partial charge in [0, 0.05) is 29.2 Å². The van der Waals surface area contributed by atoms with Crippen LogP contribution in [0.25, 0.3) is 22.0 Å². The Balaban J connectivity index is 1.50. The molecule has 0 spiro atoms. The van der Waals surface area contributed by atoms with Crippen LogP contribution < -0.4 is 20.5 Å².